The van der Waals surface area contributed by atoms with Crippen LogP contribution in [0.4, 0.5) is 0 Å². The van der Waals surface area contributed by atoms with Gasteiger partial charge in [-0.1, -0.05) is 0 Å². The number of aromatic nitrogens is 5. The monoisotopic (exact) mass is 353 g/mol. The fourth-order valence-electron chi connectivity index (χ4n) is 3.87. The van der Waals surface area contributed by atoms with Crippen LogP contribution in [0.3, 0.4) is 0 Å². The van der Waals surface area contributed by atoms with Crippen molar-refractivity contribution in [3.8, 4) is 0 Å². The van der Waals surface area contributed by atoms with Gasteiger partial charge in [0.1, 0.15) is 0 Å². The molecule has 8 heteroatoms. The summed E-state index contributed by atoms with van der Waals surface area (Å²) in [4.78, 5) is 23.0. The Hall–Kier alpha value is -2.74. The lowest BCUT2D eigenvalue weighted by Crippen LogP contribution is -2.35. The fourth-order valence-corrected chi connectivity index (χ4v) is 3.87. The highest BCUT2D eigenvalue weighted by molar-refractivity contribution is 5.80. The summed E-state index contributed by atoms with van der Waals surface area (Å²) >= 11 is 0. The molecule has 3 aromatic rings. The Morgan fingerprint density at radius 2 is 2.12 bits per heavy atom. The molecule has 0 aromatic carbocycles. The van der Waals surface area contributed by atoms with Crippen LogP contribution in [0, 0.1) is 13.8 Å². The Labute approximate surface area is 151 Å². The maximum atomic E-state index is 12.4. The molecule has 0 spiro atoms. The van der Waals surface area contributed by atoms with E-state index in [0.29, 0.717) is 18.7 Å². The maximum absolute atomic E-state index is 12.4. The van der Waals surface area contributed by atoms with Crippen LogP contribution in [-0.4, -0.2) is 48.0 Å². The maximum Gasteiger partial charge on any atom is 0.233 e. The minimum absolute atomic E-state index is 0.0203. The number of carbonyl (C=O) groups excluding carboxylic acids is 1. The second-order valence-corrected chi connectivity index (χ2v) is 6.91. The van der Waals surface area contributed by atoms with Crippen LogP contribution in [-0.2, 0) is 18.4 Å². The Kier molecular flexibility index (Phi) is 3.99. The zero-order chi connectivity index (χ0) is 18.4. The molecule has 8 nitrogen and oxygen atoms in total. The third-order valence-corrected chi connectivity index (χ3v) is 5.28. The molecular formula is C18H23N7O. The normalized spacial score (nSPS) is 20.5. The molecule has 0 saturated carbocycles. The van der Waals surface area contributed by atoms with Crippen LogP contribution < -0.4 is 5.32 Å². The van der Waals surface area contributed by atoms with Gasteiger partial charge in [-0.15, -0.1) is 0 Å². The Balaban J connectivity index is 1.58. The standard InChI is InChI=1S/C18H23N7O/c1-11-16(12(2)24(4)22-11)17-14(8-15(26)23(17)3)20-9-13-10-25-7-5-6-19-18(25)21-13/h5-7,10,14,17,20H,8-9H2,1-4H3/t14-,17-/m1/s1. The summed E-state index contributed by atoms with van der Waals surface area (Å²) in [7, 11) is 3.81. The van der Waals surface area contributed by atoms with Gasteiger partial charge in [0.05, 0.1) is 17.4 Å². The van der Waals surface area contributed by atoms with Gasteiger partial charge in [-0.05, 0) is 19.9 Å². The van der Waals surface area contributed by atoms with E-state index >= 15 is 0 Å². The molecule has 0 unspecified atom stereocenters. The zero-order valence-corrected chi connectivity index (χ0v) is 15.5. The molecule has 1 aliphatic heterocycles. The number of likely N-dealkylation sites (N-methyl/N-ethyl adjacent to an activating group) is 1. The smallest absolute Gasteiger partial charge is 0.233 e. The minimum Gasteiger partial charge on any atom is -0.337 e. The van der Waals surface area contributed by atoms with E-state index in [-0.39, 0.29) is 18.0 Å². The predicted molar refractivity (Wildman–Crippen MR) is 96.4 cm³/mol. The van der Waals surface area contributed by atoms with Crippen molar-refractivity contribution < 1.29 is 4.79 Å². The third kappa shape index (κ3) is 2.66. The van der Waals surface area contributed by atoms with E-state index in [4.69, 9.17) is 0 Å². The van der Waals surface area contributed by atoms with Gasteiger partial charge >= 0.3 is 0 Å². The van der Waals surface area contributed by atoms with Gasteiger partial charge < -0.3 is 10.2 Å². The molecule has 0 aliphatic carbocycles. The quantitative estimate of drug-likeness (QED) is 0.761. The molecule has 1 fully saturated rings. The summed E-state index contributed by atoms with van der Waals surface area (Å²) in [6.45, 7) is 4.64. The molecule has 1 amide bonds. The van der Waals surface area contributed by atoms with Crippen molar-refractivity contribution in [3.63, 3.8) is 0 Å². The minimum atomic E-state index is -0.0219. The number of aryl methyl sites for hydroxylation is 2. The first-order chi connectivity index (χ1) is 12.5. The number of carbonyl (C=O) groups is 1. The molecule has 2 atom stereocenters. The number of rotatable bonds is 4. The topological polar surface area (TPSA) is 80.4 Å². The van der Waals surface area contributed by atoms with E-state index in [9.17, 15) is 4.79 Å². The summed E-state index contributed by atoms with van der Waals surface area (Å²) in [6, 6.07) is 1.87. The van der Waals surface area contributed by atoms with E-state index in [0.717, 1.165) is 22.6 Å². The van der Waals surface area contributed by atoms with E-state index in [1.807, 2.05) is 53.5 Å². The first-order valence-electron chi connectivity index (χ1n) is 8.73. The summed E-state index contributed by atoms with van der Waals surface area (Å²) < 4.78 is 3.78. The van der Waals surface area contributed by atoms with E-state index in [2.05, 4.69) is 27.3 Å². The second kappa shape index (κ2) is 6.21. The van der Waals surface area contributed by atoms with Crippen LogP contribution >= 0.6 is 0 Å². The van der Waals surface area contributed by atoms with Gasteiger partial charge in [0.15, 0.2) is 0 Å². The number of hydrogen-bond donors (Lipinski definition) is 1. The lowest BCUT2D eigenvalue weighted by Gasteiger charge is -2.26. The molecule has 0 bridgehead atoms. The Bertz CT molecular complexity index is 940. The number of nitrogens with one attached hydrogen (secondary N) is 1. The number of nitrogens with zero attached hydrogens (tertiary/aromatic N) is 6. The fraction of sp³-hybridized carbons (Fsp3) is 0.444. The molecule has 3 aromatic heterocycles. The summed E-state index contributed by atoms with van der Waals surface area (Å²) in [5.41, 5.74) is 4.11. The van der Waals surface area contributed by atoms with Crippen LogP contribution in [0.5, 0.6) is 0 Å². The predicted octanol–water partition coefficient (Wildman–Crippen LogP) is 1.14. The van der Waals surface area contributed by atoms with E-state index in [1.165, 1.54) is 0 Å². The van der Waals surface area contributed by atoms with Gasteiger partial charge in [-0.25, -0.2) is 9.97 Å². The summed E-state index contributed by atoms with van der Waals surface area (Å²) in [5.74, 6) is 0.825. The van der Waals surface area contributed by atoms with Crippen molar-refractivity contribution in [2.75, 3.05) is 7.05 Å². The molecular weight excluding hydrogens is 330 g/mol. The largest absolute Gasteiger partial charge is 0.337 e. The molecule has 136 valence electrons. The molecule has 4 rings (SSSR count). The lowest BCUT2D eigenvalue weighted by molar-refractivity contribution is -0.127. The van der Waals surface area contributed by atoms with Crippen LogP contribution in [0.1, 0.15) is 35.1 Å². The van der Waals surface area contributed by atoms with Crippen LogP contribution in [0.2, 0.25) is 0 Å². The van der Waals surface area contributed by atoms with Gasteiger partial charge in [0.25, 0.3) is 0 Å². The Morgan fingerprint density at radius 1 is 1.31 bits per heavy atom. The summed E-state index contributed by atoms with van der Waals surface area (Å²) in [6.07, 6.45) is 6.09. The van der Waals surface area contributed by atoms with Crippen molar-refractivity contribution in [1.82, 2.24) is 34.4 Å². The van der Waals surface area contributed by atoms with Crippen molar-refractivity contribution in [2.45, 2.75) is 38.9 Å². The van der Waals surface area contributed by atoms with E-state index in [1.54, 1.807) is 6.20 Å². The highest BCUT2D eigenvalue weighted by Gasteiger charge is 2.40. The molecule has 4 heterocycles. The highest BCUT2D eigenvalue weighted by Crippen LogP contribution is 2.35. The average molecular weight is 353 g/mol. The number of hydrogen-bond acceptors (Lipinski definition) is 5. The lowest BCUT2D eigenvalue weighted by atomic mass is 9.98. The van der Waals surface area contributed by atoms with Crippen LogP contribution in [0.15, 0.2) is 24.7 Å². The third-order valence-electron chi connectivity index (χ3n) is 5.28. The van der Waals surface area contributed by atoms with Gasteiger partial charge in [-0.3, -0.25) is 13.9 Å². The van der Waals surface area contributed by atoms with Crippen LogP contribution in [0.25, 0.3) is 5.78 Å². The van der Waals surface area contributed by atoms with Crippen molar-refractivity contribution in [1.29, 1.82) is 0 Å². The molecule has 1 aliphatic rings. The number of amides is 1. The van der Waals surface area contributed by atoms with Crippen molar-refractivity contribution >= 4 is 11.7 Å². The van der Waals surface area contributed by atoms with Gasteiger partial charge in [0.2, 0.25) is 11.7 Å². The molecule has 1 N–H and O–H groups in total. The SMILES string of the molecule is Cc1nn(C)c(C)c1[C@H]1[C@H](NCc2cn3cccnc3n2)CC(=O)N1C. The van der Waals surface area contributed by atoms with Gasteiger partial charge in [0, 0.05) is 63.0 Å². The van der Waals surface area contributed by atoms with Crippen molar-refractivity contribution in [3.05, 3.63) is 47.3 Å². The number of likely N-dealkylation sites (tertiary alicyclic amines) is 1. The molecule has 1 saturated heterocycles. The Morgan fingerprint density at radius 3 is 2.81 bits per heavy atom. The average Bonchev–Trinajstić information content (AvgIpc) is 3.22. The molecule has 26 heavy (non-hydrogen) atoms. The van der Waals surface area contributed by atoms with Gasteiger partial charge in [-0.2, -0.15) is 5.10 Å². The first-order valence-corrected chi connectivity index (χ1v) is 8.73. The zero-order valence-electron chi connectivity index (χ0n) is 15.5. The first kappa shape index (κ1) is 16.7. The molecule has 0 radical (unpaired) electrons. The highest BCUT2D eigenvalue weighted by atomic mass is 16.2. The van der Waals surface area contributed by atoms with E-state index < -0.39 is 0 Å². The second-order valence-electron chi connectivity index (χ2n) is 6.91. The summed E-state index contributed by atoms with van der Waals surface area (Å²) in [5, 5.41) is 8.05. The number of imidazole rings is 1. The van der Waals surface area contributed by atoms with Crippen molar-refractivity contribution in [2.24, 2.45) is 7.05 Å². The number of fused-ring (bicyclic) bond motifs is 1.